The second-order valence-electron chi connectivity index (χ2n) is 8.66. The summed E-state index contributed by atoms with van der Waals surface area (Å²) in [6, 6.07) is 12.7. The molecular formula is C26H29N3O9. The molecule has 12 nitrogen and oxygen atoms in total. The lowest BCUT2D eigenvalue weighted by Crippen LogP contribution is -2.35. The van der Waals surface area contributed by atoms with E-state index in [-0.39, 0.29) is 60.3 Å². The molecule has 2 aromatic carbocycles. The van der Waals surface area contributed by atoms with E-state index in [1.807, 2.05) is 18.2 Å². The Morgan fingerprint density at radius 1 is 1.13 bits per heavy atom. The fourth-order valence-electron chi connectivity index (χ4n) is 4.27. The van der Waals surface area contributed by atoms with E-state index in [9.17, 15) is 35.0 Å². The number of non-ortho nitro benzene ring substituents is 1. The average Bonchev–Trinajstić information content (AvgIpc) is 2.86. The molecule has 0 spiro atoms. The van der Waals surface area contributed by atoms with Crippen molar-refractivity contribution in [3.8, 4) is 11.5 Å². The number of nitro groups is 1. The van der Waals surface area contributed by atoms with Crippen LogP contribution >= 0.6 is 0 Å². The van der Waals surface area contributed by atoms with Crippen LogP contribution in [0.15, 0.2) is 64.8 Å². The Hall–Kier alpha value is -4.29. The van der Waals surface area contributed by atoms with Gasteiger partial charge in [-0.05, 0) is 32.0 Å². The second-order valence-corrected chi connectivity index (χ2v) is 8.66. The minimum Gasteiger partial charge on any atom is -0.492 e. The summed E-state index contributed by atoms with van der Waals surface area (Å²) >= 11 is 0. The maximum absolute atomic E-state index is 12.1. The highest BCUT2D eigenvalue weighted by atomic mass is 16.6. The molecule has 0 aromatic heterocycles. The standard InChI is InChI=1S/C26H29N3O9/c1-15-22(25(31)32)24(23(26(33)34)16(2)28-15)20-12-17(29(35)36)8-9-21(20)37-11-10-27-13-18(30)14-38-19-6-4-3-5-7-19/h3-9,12,18,22,24,27,30H,10-11,13-14H2,1-2H3,(H,31,32)(H,33,34). The Morgan fingerprint density at radius 3 is 2.47 bits per heavy atom. The summed E-state index contributed by atoms with van der Waals surface area (Å²) in [4.78, 5) is 39.2. The minimum atomic E-state index is -1.37. The SMILES string of the molecule is CC1=NC(C)=C(C(=O)O)C(c2cc([N+](=O)[O-])ccc2OCCNCC(O)COc2ccccc2)C1C(=O)O. The molecule has 0 saturated carbocycles. The van der Waals surface area contributed by atoms with Crippen molar-refractivity contribution in [2.24, 2.45) is 10.9 Å². The second kappa shape index (κ2) is 12.8. The Morgan fingerprint density at radius 2 is 1.84 bits per heavy atom. The first-order chi connectivity index (χ1) is 18.1. The van der Waals surface area contributed by atoms with Gasteiger partial charge in [-0.2, -0.15) is 0 Å². The van der Waals surface area contributed by atoms with Gasteiger partial charge in [-0.3, -0.25) is 19.9 Å². The van der Waals surface area contributed by atoms with Crippen LogP contribution in [0.3, 0.4) is 0 Å². The van der Waals surface area contributed by atoms with Crippen LogP contribution in [0.1, 0.15) is 25.3 Å². The summed E-state index contributed by atoms with van der Waals surface area (Å²) in [5.74, 6) is -4.56. The van der Waals surface area contributed by atoms with Crippen LogP contribution in [-0.2, 0) is 9.59 Å². The van der Waals surface area contributed by atoms with Gasteiger partial charge in [0.25, 0.3) is 5.69 Å². The van der Waals surface area contributed by atoms with Gasteiger partial charge in [-0.15, -0.1) is 0 Å². The maximum Gasteiger partial charge on any atom is 0.334 e. The number of carbonyl (C=O) groups is 2. The highest BCUT2D eigenvalue weighted by Gasteiger charge is 2.43. The number of aliphatic imine (C=N–C) groups is 1. The molecule has 3 rings (SSSR count). The number of carboxylic acid groups (broad SMARTS) is 2. The monoisotopic (exact) mass is 527 g/mol. The maximum atomic E-state index is 12.1. The van der Waals surface area contributed by atoms with Crippen molar-refractivity contribution >= 4 is 23.3 Å². The molecule has 0 radical (unpaired) electrons. The van der Waals surface area contributed by atoms with Gasteiger partial charge in [0, 0.05) is 48.1 Å². The quantitative estimate of drug-likeness (QED) is 0.172. The van der Waals surface area contributed by atoms with E-state index in [1.54, 1.807) is 12.1 Å². The largest absolute Gasteiger partial charge is 0.492 e. The molecule has 0 amide bonds. The predicted molar refractivity (Wildman–Crippen MR) is 137 cm³/mol. The van der Waals surface area contributed by atoms with E-state index in [4.69, 9.17) is 9.47 Å². The molecule has 2 aromatic rings. The van der Waals surface area contributed by atoms with Crippen LogP contribution in [0, 0.1) is 16.0 Å². The number of carboxylic acids is 2. The Bertz CT molecular complexity index is 1240. The van der Waals surface area contributed by atoms with Gasteiger partial charge in [0.05, 0.1) is 10.5 Å². The van der Waals surface area contributed by atoms with Gasteiger partial charge in [0.2, 0.25) is 0 Å². The number of aliphatic carboxylic acids is 2. The van der Waals surface area contributed by atoms with E-state index in [2.05, 4.69) is 10.3 Å². The number of hydrogen-bond donors (Lipinski definition) is 4. The van der Waals surface area contributed by atoms with E-state index in [1.165, 1.54) is 26.0 Å². The minimum absolute atomic E-state index is 0.0553. The van der Waals surface area contributed by atoms with Crippen LogP contribution in [0.4, 0.5) is 5.69 Å². The fourth-order valence-corrected chi connectivity index (χ4v) is 4.27. The van der Waals surface area contributed by atoms with E-state index < -0.39 is 34.8 Å². The molecule has 3 unspecified atom stereocenters. The van der Waals surface area contributed by atoms with Crippen LogP contribution in [0.2, 0.25) is 0 Å². The molecule has 4 N–H and O–H groups in total. The zero-order chi connectivity index (χ0) is 27.8. The fraction of sp³-hybridized carbons (Fsp3) is 0.346. The summed E-state index contributed by atoms with van der Waals surface area (Å²) in [7, 11) is 0. The Balaban J connectivity index is 1.74. The van der Waals surface area contributed by atoms with Crippen LogP contribution < -0.4 is 14.8 Å². The van der Waals surface area contributed by atoms with Crippen molar-refractivity contribution in [1.82, 2.24) is 5.32 Å². The molecular weight excluding hydrogens is 498 g/mol. The van der Waals surface area contributed by atoms with Crippen LogP contribution in [0.25, 0.3) is 0 Å². The number of para-hydroxylation sites is 1. The van der Waals surface area contributed by atoms with Crippen molar-refractivity contribution in [3.63, 3.8) is 0 Å². The molecule has 38 heavy (non-hydrogen) atoms. The van der Waals surface area contributed by atoms with E-state index in [0.717, 1.165) is 6.07 Å². The molecule has 0 bridgehead atoms. The van der Waals surface area contributed by atoms with Gasteiger partial charge in [-0.1, -0.05) is 18.2 Å². The summed E-state index contributed by atoms with van der Waals surface area (Å²) in [6.45, 7) is 3.53. The summed E-state index contributed by atoms with van der Waals surface area (Å²) in [5.41, 5.74) is -0.250. The van der Waals surface area contributed by atoms with Crippen molar-refractivity contribution in [1.29, 1.82) is 0 Å². The van der Waals surface area contributed by atoms with Crippen molar-refractivity contribution in [2.75, 3.05) is 26.3 Å². The number of nitro benzene ring substituents is 1. The molecule has 1 aliphatic rings. The summed E-state index contributed by atoms with van der Waals surface area (Å²) in [6.07, 6.45) is -0.794. The number of aliphatic hydroxyl groups is 1. The molecule has 0 saturated heterocycles. The molecule has 0 fully saturated rings. The summed E-state index contributed by atoms with van der Waals surface area (Å²) < 4.78 is 11.3. The first kappa shape index (κ1) is 28.3. The van der Waals surface area contributed by atoms with E-state index >= 15 is 0 Å². The number of hydrogen-bond acceptors (Lipinski definition) is 9. The Labute approximate surface area is 218 Å². The normalized spacial score (nSPS) is 17.9. The first-order valence-corrected chi connectivity index (χ1v) is 11.8. The topological polar surface area (TPSA) is 181 Å². The molecule has 0 aliphatic carbocycles. The van der Waals surface area contributed by atoms with Crippen LogP contribution in [-0.4, -0.2) is 70.3 Å². The van der Waals surface area contributed by atoms with Gasteiger partial charge < -0.3 is 30.1 Å². The number of aliphatic hydroxyl groups excluding tert-OH is 1. The third-order valence-electron chi connectivity index (χ3n) is 5.97. The van der Waals surface area contributed by atoms with Gasteiger partial charge in [0.1, 0.15) is 36.7 Å². The third-order valence-corrected chi connectivity index (χ3v) is 5.97. The van der Waals surface area contributed by atoms with Gasteiger partial charge in [-0.25, -0.2) is 4.79 Å². The van der Waals surface area contributed by atoms with E-state index in [0.29, 0.717) is 5.75 Å². The lowest BCUT2D eigenvalue weighted by Gasteiger charge is -2.30. The first-order valence-electron chi connectivity index (χ1n) is 11.8. The molecule has 12 heteroatoms. The number of allylic oxidation sites excluding steroid dienone is 1. The van der Waals surface area contributed by atoms with Gasteiger partial charge in [0.15, 0.2) is 0 Å². The third kappa shape index (κ3) is 6.93. The number of ether oxygens (including phenoxy) is 2. The highest BCUT2D eigenvalue weighted by Crippen LogP contribution is 2.43. The van der Waals surface area contributed by atoms with Crippen molar-refractivity contribution in [2.45, 2.75) is 25.9 Å². The number of nitrogens with zero attached hydrogens (tertiary/aromatic N) is 2. The lowest BCUT2D eigenvalue weighted by atomic mass is 9.75. The highest BCUT2D eigenvalue weighted by molar-refractivity contribution is 6.06. The van der Waals surface area contributed by atoms with Gasteiger partial charge >= 0.3 is 11.9 Å². The predicted octanol–water partition coefficient (Wildman–Crippen LogP) is 2.62. The molecule has 202 valence electrons. The molecule has 3 atom stereocenters. The zero-order valence-electron chi connectivity index (χ0n) is 20.9. The molecule has 1 aliphatic heterocycles. The van der Waals surface area contributed by atoms with Crippen molar-refractivity contribution < 1.29 is 39.3 Å². The van der Waals surface area contributed by atoms with Crippen LogP contribution in [0.5, 0.6) is 11.5 Å². The number of rotatable bonds is 13. The Kier molecular flexibility index (Phi) is 9.52. The number of benzene rings is 2. The average molecular weight is 528 g/mol. The summed E-state index contributed by atoms with van der Waals surface area (Å²) in [5, 5.41) is 44.4. The zero-order valence-corrected chi connectivity index (χ0v) is 20.9. The number of nitrogens with one attached hydrogen (secondary N) is 1. The smallest absolute Gasteiger partial charge is 0.334 e. The molecule has 1 heterocycles. The van der Waals surface area contributed by atoms with Crippen molar-refractivity contribution in [3.05, 3.63) is 75.5 Å². The lowest BCUT2D eigenvalue weighted by molar-refractivity contribution is -0.385.